The van der Waals surface area contributed by atoms with Gasteiger partial charge in [-0.2, -0.15) is 0 Å². The van der Waals surface area contributed by atoms with Crippen LogP contribution in [-0.4, -0.2) is 26.2 Å². The molecule has 1 rings (SSSR count). The van der Waals surface area contributed by atoms with Crippen molar-refractivity contribution < 1.29 is 9.53 Å². The van der Waals surface area contributed by atoms with E-state index >= 15 is 0 Å². The maximum Gasteiger partial charge on any atom is 0.319 e. The highest BCUT2D eigenvalue weighted by molar-refractivity contribution is 5.90. The minimum absolute atomic E-state index is 0.279. The molecular weight excluding hydrogens is 194 g/mol. The standard InChI is InChI=1S/C10H15N3O2/c1-12-10(14)13-8-4-2-3-5-9(8)15-7-6-11/h2-5H,6-7,11H2,1H3,(H2,12,13,14). The third-order valence-electron chi connectivity index (χ3n) is 1.74. The summed E-state index contributed by atoms with van der Waals surface area (Å²) in [5.74, 6) is 0.617. The summed E-state index contributed by atoms with van der Waals surface area (Å²) < 4.78 is 5.36. The number of nitrogens with one attached hydrogen (secondary N) is 2. The fourth-order valence-electron chi connectivity index (χ4n) is 1.05. The predicted octanol–water partition coefficient (Wildman–Crippen LogP) is 0.775. The summed E-state index contributed by atoms with van der Waals surface area (Å²) in [7, 11) is 1.55. The van der Waals surface area contributed by atoms with Gasteiger partial charge in [-0.3, -0.25) is 0 Å². The molecule has 0 fully saturated rings. The van der Waals surface area contributed by atoms with Crippen LogP contribution in [0.2, 0.25) is 0 Å². The van der Waals surface area contributed by atoms with Gasteiger partial charge in [-0.05, 0) is 12.1 Å². The van der Waals surface area contributed by atoms with Gasteiger partial charge in [-0.1, -0.05) is 12.1 Å². The zero-order valence-corrected chi connectivity index (χ0v) is 8.62. The molecule has 0 unspecified atom stereocenters. The zero-order chi connectivity index (χ0) is 11.1. The largest absolute Gasteiger partial charge is 0.490 e. The Labute approximate surface area is 88.6 Å². The molecule has 1 aromatic carbocycles. The molecule has 0 spiro atoms. The number of carbonyl (C=O) groups is 1. The molecule has 1 aromatic rings. The number of anilines is 1. The van der Waals surface area contributed by atoms with E-state index < -0.39 is 0 Å². The van der Waals surface area contributed by atoms with Gasteiger partial charge in [0.05, 0.1) is 5.69 Å². The number of hydrogen-bond acceptors (Lipinski definition) is 3. The van der Waals surface area contributed by atoms with Crippen molar-refractivity contribution in [3.63, 3.8) is 0 Å². The minimum Gasteiger partial charge on any atom is -0.490 e. The second kappa shape index (κ2) is 5.87. The molecule has 0 atom stereocenters. The molecule has 15 heavy (non-hydrogen) atoms. The summed E-state index contributed by atoms with van der Waals surface area (Å²) in [6, 6.07) is 6.92. The highest BCUT2D eigenvalue weighted by Crippen LogP contribution is 2.23. The van der Waals surface area contributed by atoms with Gasteiger partial charge in [0.2, 0.25) is 0 Å². The smallest absolute Gasteiger partial charge is 0.319 e. The van der Waals surface area contributed by atoms with E-state index in [1.54, 1.807) is 19.2 Å². The molecular formula is C10H15N3O2. The van der Waals surface area contributed by atoms with Gasteiger partial charge < -0.3 is 21.1 Å². The lowest BCUT2D eigenvalue weighted by Gasteiger charge is -2.11. The summed E-state index contributed by atoms with van der Waals surface area (Å²) in [6.45, 7) is 0.862. The first kappa shape index (κ1) is 11.3. The van der Waals surface area contributed by atoms with Gasteiger partial charge in [-0.25, -0.2) is 4.79 Å². The lowest BCUT2D eigenvalue weighted by molar-refractivity contribution is 0.253. The number of rotatable bonds is 4. The molecule has 2 amide bonds. The molecule has 0 aliphatic carbocycles. The summed E-state index contributed by atoms with van der Waals surface area (Å²) in [5.41, 5.74) is 5.96. The van der Waals surface area contributed by atoms with Crippen molar-refractivity contribution in [1.82, 2.24) is 5.32 Å². The molecule has 4 N–H and O–H groups in total. The first-order chi connectivity index (χ1) is 7.27. The Bertz CT molecular complexity index is 328. The molecule has 5 nitrogen and oxygen atoms in total. The van der Waals surface area contributed by atoms with E-state index in [0.29, 0.717) is 24.6 Å². The van der Waals surface area contributed by atoms with Crippen molar-refractivity contribution >= 4 is 11.7 Å². The number of urea groups is 1. The molecule has 0 bridgehead atoms. The van der Waals surface area contributed by atoms with Gasteiger partial charge in [-0.15, -0.1) is 0 Å². The average Bonchev–Trinajstić information content (AvgIpc) is 2.28. The van der Waals surface area contributed by atoms with Crippen LogP contribution >= 0.6 is 0 Å². The molecule has 0 saturated heterocycles. The number of ether oxygens (including phenoxy) is 1. The zero-order valence-electron chi connectivity index (χ0n) is 8.62. The maximum absolute atomic E-state index is 11.1. The van der Waals surface area contributed by atoms with E-state index in [1.165, 1.54) is 0 Å². The highest BCUT2D eigenvalue weighted by atomic mass is 16.5. The first-order valence-corrected chi connectivity index (χ1v) is 4.68. The van der Waals surface area contributed by atoms with E-state index in [1.807, 2.05) is 12.1 Å². The summed E-state index contributed by atoms with van der Waals surface area (Å²) in [4.78, 5) is 11.1. The molecule has 0 radical (unpaired) electrons. The third kappa shape index (κ3) is 3.47. The second-order valence-electron chi connectivity index (χ2n) is 2.84. The lowest BCUT2D eigenvalue weighted by Crippen LogP contribution is -2.24. The molecule has 0 aliphatic heterocycles. The van der Waals surface area contributed by atoms with Crippen molar-refractivity contribution in [2.75, 3.05) is 25.5 Å². The van der Waals surface area contributed by atoms with Crippen molar-refractivity contribution in [2.45, 2.75) is 0 Å². The lowest BCUT2D eigenvalue weighted by atomic mass is 10.3. The normalized spacial score (nSPS) is 9.47. The second-order valence-corrected chi connectivity index (χ2v) is 2.84. The number of nitrogens with two attached hydrogens (primary N) is 1. The van der Waals surface area contributed by atoms with Crippen LogP contribution in [0.4, 0.5) is 10.5 Å². The summed E-state index contributed by atoms with van der Waals surface area (Å²) >= 11 is 0. The Balaban J connectivity index is 2.72. The molecule has 0 heterocycles. The number of para-hydroxylation sites is 2. The van der Waals surface area contributed by atoms with Gasteiger partial charge in [0.25, 0.3) is 0 Å². The van der Waals surface area contributed by atoms with Crippen LogP contribution in [0.15, 0.2) is 24.3 Å². The number of benzene rings is 1. The fourth-order valence-corrected chi connectivity index (χ4v) is 1.05. The van der Waals surface area contributed by atoms with Gasteiger partial charge in [0.15, 0.2) is 0 Å². The Morgan fingerprint density at radius 3 is 2.87 bits per heavy atom. The van der Waals surface area contributed by atoms with Gasteiger partial charge in [0.1, 0.15) is 12.4 Å². The molecule has 82 valence electrons. The number of amides is 2. The topological polar surface area (TPSA) is 76.4 Å². The number of hydrogen-bond donors (Lipinski definition) is 3. The molecule has 5 heteroatoms. The predicted molar refractivity (Wildman–Crippen MR) is 59.1 cm³/mol. The van der Waals surface area contributed by atoms with Crippen LogP contribution in [0, 0.1) is 0 Å². The van der Waals surface area contributed by atoms with Crippen LogP contribution < -0.4 is 21.1 Å². The van der Waals surface area contributed by atoms with E-state index in [2.05, 4.69) is 10.6 Å². The van der Waals surface area contributed by atoms with Gasteiger partial charge in [0, 0.05) is 13.6 Å². The minimum atomic E-state index is -0.279. The van der Waals surface area contributed by atoms with Crippen LogP contribution in [0.25, 0.3) is 0 Å². The Hall–Kier alpha value is -1.75. The van der Waals surface area contributed by atoms with Crippen LogP contribution in [0.1, 0.15) is 0 Å². The van der Waals surface area contributed by atoms with Crippen LogP contribution in [-0.2, 0) is 0 Å². The number of carbonyl (C=O) groups excluding carboxylic acids is 1. The average molecular weight is 209 g/mol. The Morgan fingerprint density at radius 2 is 2.20 bits per heavy atom. The maximum atomic E-state index is 11.1. The van der Waals surface area contributed by atoms with Crippen molar-refractivity contribution in [2.24, 2.45) is 5.73 Å². The van der Waals surface area contributed by atoms with Gasteiger partial charge >= 0.3 is 6.03 Å². The fraction of sp³-hybridized carbons (Fsp3) is 0.300. The molecule has 0 aromatic heterocycles. The van der Waals surface area contributed by atoms with Crippen molar-refractivity contribution in [1.29, 1.82) is 0 Å². The van der Waals surface area contributed by atoms with Crippen molar-refractivity contribution in [3.8, 4) is 5.75 Å². The Kier molecular flexibility index (Phi) is 4.43. The summed E-state index contributed by atoms with van der Waals surface area (Å²) in [5, 5.41) is 5.12. The quantitative estimate of drug-likeness (QED) is 0.685. The SMILES string of the molecule is CNC(=O)Nc1ccccc1OCCN. The van der Waals surface area contributed by atoms with E-state index in [9.17, 15) is 4.79 Å². The highest BCUT2D eigenvalue weighted by Gasteiger charge is 2.04. The van der Waals surface area contributed by atoms with Crippen molar-refractivity contribution in [3.05, 3.63) is 24.3 Å². The molecule has 0 aliphatic rings. The van der Waals surface area contributed by atoms with E-state index in [-0.39, 0.29) is 6.03 Å². The van der Waals surface area contributed by atoms with E-state index in [0.717, 1.165) is 0 Å². The van der Waals surface area contributed by atoms with Crippen LogP contribution in [0.3, 0.4) is 0 Å². The molecule has 0 saturated carbocycles. The first-order valence-electron chi connectivity index (χ1n) is 4.68. The monoisotopic (exact) mass is 209 g/mol. The third-order valence-corrected chi connectivity index (χ3v) is 1.74. The van der Waals surface area contributed by atoms with E-state index in [4.69, 9.17) is 10.5 Å². The Morgan fingerprint density at radius 1 is 1.47 bits per heavy atom. The van der Waals surface area contributed by atoms with Crippen LogP contribution in [0.5, 0.6) is 5.75 Å². The summed E-state index contributed by atoms with van der Waals surface area (Å²) in [6.07, 6.45) is 0.